The van der Waals surface area contributed by atoms with Gasteiger partial charge in [-0.05, 0) is 6.42 Å². The van der Waals surface area contributed by atoms with Gasteiger partial charge in [-0.3, -0.25) is 5.73 Å². The van der Waals surface area contributed by atoms with E-state index in [1.807, 2.05) is 0 Å². The number of hydrogen-bond acceptors (Lipinski definition) is 1. The minimum absolute atomic E-state index is 0.396. The largest absolute Gasteiger partial charge is 0.319 e. The molecule has 1 rings (SSSR count). The minimum Gasteiger partial charge on any atom is -0.294 e. The van der Waals surface area contributed by atoms with Gasteiger partial charge in [0.05, 0.1) is 0 Å². The molecule has 2 N–H and O–H groups in total. The maximum absolute atomic E-state index is 13.4. The lowest BCUT2D eigenvalue weighted by Crippen LogP contribution is -2.49. The molecule has 0 amide bonds. The highest BCUT2D eigenvalue weighted by atomic mass is 19.3. The summed E-state index contributed by atoms with van der Waals surface area (Å²) in [7, 11) is 0. The molecule has 14 heavy (non-hydrogen) atoms. The number of hydrogen-bond donors (Lipinski definition) is 1. The summed E-state index contributed by atoms with van der Waals surface area (Å²) < 4.78 is 40.2. The second kappa shape index (κ2) is 3.61. The molecule has 0 radical (unpaired) electrons. The van der Waals surface area contributed by atoms with Gasteiger partial charge in [0.15, 0.2) is 0 Å². The first-order valence-corrected chi connectivity index (χ1v) is 4.33. The summed E-state index contributed by atoms with van der Waals surface area (Å²) in [6.07, 6.45) is -0.436. The Labute approximate surface area is 80.7 Å². The van der Waals surface area contributed by atoms with Crippen molar-refractivity contribution in [2.75, 3.05) is 0 Å². The van der Waals surface area contributed by atoms with Gasteiger partial charge in [0.2, 0.25) is 5.79 Å². The van der Waals surface area contributed by atoms with Gasteiger partial charge in [0.1, 0.15) is 0 Å². The van der Waals surface area contributed by atoms with Gasteiger partial charge in [0, 0.05) is 5.56 Å². The molecule has 1 aromatic carbocycles. The molecule has 0 fully saturated rings. The average Bonchev–Trinajstić information content (AvgIpc) is 2.19. The van der Waals surface area contributed by atoms with Crippen LogP contribution in [0.25, 0.3) is 0 Å². The van der Waals surface area contributed by atoms with Crippen LogP contribution in [0.1, 0.15) is 18.9 Å². The molecule has 0 saturated heterocycles. The van der Waals surface area contributed by atoms with Crippen molar-refractivity contribution in [1.29, 1.82) is 0 Å². The van der Waals surface area contributed by atoms with Gasteiger partial charge in [-0.2, -0.15) is 8.78 Å². The lowest BCUT2D eigenvalue weighted by atomic mass is 9.97. The molecule has 0 aromatic heterocycles. The molecule has 0 aliphatic carbocycles. The number of rotatable bonds is 3. The third kappa shape index (κ3) is 1.75. The topological polar surface area (TPSA) is 26.0 Å². The number of nitrogens with two attached hydrogens (primary N) is 1. The summed E-state index contributed by atoms with van der Waals surface area (Å²) in [5.74, 6) is -6.64. The number of benzene rings is 1. The van der Waals surface area contributed by atoms with E-state index in [9.17, 15) is 13.2 Å². The van der Waals surface area contributed by atoms with Crippen molar-refractivity contribution in [2.45, 2.75) is 25.1 Å². The SMILES string of the molecule is CCC(N)(F)C(F)(F)c1ccccc1. The third-order valence-corrected chi connectivity index (χ3v) is 2.17. The van der Waals surface area contributed by atoms with Crippen molar-refractivity contribution < 1.29 is 13.2 Å². The second-order valence-electron chi connectivity index (χ2n) is 3.16. The van der Waals surface area contributed by atoms with E-state index in [1.54, 1.807) is 6.07 Å². The lowest BCUT2D eigenvalue weighted by Gasteiger charge is -2.29. The first kappa shape index (κ1) is 11.0. The zero-order valence-corrected chi connectivity index (χ0v) is 7.81. The standard InChI is InChI=1S/C10H12F3N/c1-2-9(11,14)10(12,13)8-6-4-3-5-7-8/h3-7H,2,14H2,1H3. The van der Waals surface area contributed by atoms with Crippen LogP contribution in [0.5, 0.6) is 0 Å². The van der Waals surface area contributed by atoms with Crippen molar-refractivity contribution >= 4 is 0 Å². The molecule has 1 nitrogen and oxygen atoms in total. The maximum atomic E-state index is 13.4. The van der Waals surface area contributed by atoms with Gasteiger partial charge < -0.3 is 0 Å². The lowest BCUT2D eigenvalue weighted by molar-refractivity contribution is -0.144. The summed E-state index contributed by atoms with van der Waals surface area (Å²) in [5, 5.41) is 0. The van der Waals surface area contributed by atoms with Crippen LogP contribution >= 0.6 is 0 Å². The van der Waals surface area contributed by atoms with Gasteiger partial charge in [0.25, 0.3) is 0 Å². The zero-order valence-electron chi connectivity index (χ0n) is 7.81. The van der Waals surface area contributed by atoms with E-state index in [2.05, 4.69) is 0 Å². The van der Waals surface area contributed by atoms with E-state index in [-0.39, 0.29) is 0 Å². The molecule has 0 aliphatic rings. The maximum Gasteiger partial charge on any atom is 0.319 e. The highest BCUT2D eigenvalue weighted by Gasteiger charge is 2.51. The van der Waals surface area contributed by atoms with E-state index in [0.29, 0.717) is 0 Å². The summed E-state index contributed by atoms with van der Waals surface area (Å²) in [6.45, 7) is 1.29. The molecule has 1 unspecified atom stereocenters. The van der Waals surface area contributed by atoms with E-state index in [0.717, 1.165) is 12.1 Å². The molecular weight excluding hydrogens is 191 g/mol. The fraction of sp³-hybridized carbons (Fsp3) is 0.400. The third-order valence-electron chi connectivity index (χ3n) is 2.17. The molecule has 0 saturated carbocycles. The molecular formula is C10H12F3N. The zero-order chi connectivity index (χ0) is 10.8. The summed E-state index contributed by atoms with van der Waals surface area (Å²) >= 11 is 0. The molecule has 4 heteroatoms. The van der Waals surface area contributed by atoms with Gasteiger partial charge in [-0.25, -0.2) is 4.39 Å². The Morgan fingerprint density at radius 3 is 2.07 bits per heavy atom. The van der Waals surface area contributed by atoms with Crippen molar-refractivity contribution in [3.63, 3.8) is 0 Å². The predicted molar refractivity (Wildman–Crippen MR) is 48.7 cm³/mol. The van der Waals surface area contributed by atoms with Gasteiger partial charge in [-0.15, -0.1) is 0 Å². The molecule has 0 spiro atoms. The van der Waals surface area contributed by atoms with Gasteiger partial charge in [-0.1, -0.05) is 37.3 Å². The van der Waals surface area contributed by atoms with Crippen molar-refractivity contribution in [2.24, 2.45) is 5.73 Å². The quantitative estimate of drug-likeness (QED) is 0.751. The summed E-state index contributed by atoms with van der Waals surface area (Å²) in [4.78, 5) is 0. The van der Waals surface area contributed by atoms with E-state index in [1.165, 1.54) is 19.1 Å². The van der Waals surface area contributed by atoms with Gasteiger partial charge >= 0.3 is 5.92 Å². The normalized spacial score (nSPS) is 16.4. The Kier molecular flexibility index (Phi) is 2.85. The Hall–Kier alpha value is -1.03. The second-order valence-corrected chi connectivity index (χ2v) is 3.16. The van der Waals surface area contributed by atoms with Crippen molar-refractivity contribution in [1.82, 2.24) is 0 Å². The molecule has 0 bridgehead atoms. The van der Waals surface area contributed by atoms with E-state index < -0.39 is 23.7 Å². The van der Waals surface area contributed by atoms with Crippen molar-refractivity contribution in [3.8, 4) is 0 Å². The number of alkyl halides is 3. The predicted octanol–water partition coefficient (Wildman–Crippen LogP) is 2.81. The first-order chi connectivity index (χ1) is 6.42. The molecule has 1 aromatic rings. The minimum atomic E-state index is -3.65. The van der Waals surface area contributed by atoms with Crippen LogP contribution in [0.2, 0.25) is 0 Å². The molecule has 0 heterocycles. The Balaban J connectivity index is 3.08. The molecule has 78 valence electrons. The van der Waals surface area contributed by atoms with Crippen LogP contribution in [0.3, 0.4) is 0 Å². The van der Waals surface area contributed by atoms with Crippen LogP contribution in [-0.2, 0) is 5.92 Å². The van der Waals surface area contributed by atoms with E-state index in [4.69, 9.17) is 5.73 Å². The van der Waals surface area contributed by atoms with Crippen LogP contribution in [0.15, 0.2) is 30.3 Å². The fourth-order valence-corrected chi connectivity index (χ4v) is 1.11. The summed E-state index contributed by atoms with van der Waals surface area (Å²) in [6, 6.07) is 6.76. The Morgan fingerprint density at radius 2 is 1.64 bits per heavy atom. The average molecular weight is 203 g/mol. The van der Waals surface area contributed by atoms with Crippen LogP contribution < -0.4 is 5.73 Å². The van der Waals surface area contributed by atoms with Crippen molar-refractivity contribution in [3.05, 3.63) is 35.9 Å². The highest BCUT2D eigenvalue weighted by molar-refractivity contribution is 5.22. The number of halogens is 3. The molecule has 0 aliphatic heterocycles. The first-order valence-electron chi connectivity index (χ1n) is 4.33. The van der Waals surface area contributed by atoms with E-state index >= 15 is 0 Å². The monoisotopic (exact) mass is 203 g/mol. The Bertz CT molecular complexity index is 295. The molecule has 1 atom stereocenters. The van der Waals surface area contributed by atoms with Crippen LogP contribution in [0, 0.1) is 0 Å². The van der Waals surface area contributed by atoms with Crippen LogP contribution in [-0.4, -0.2) is 5.79 Å². The fourth-order valence-electron chi connectivity index (χ4n) is 1.11. The highest BCUT2D eigenvalue weighted by Crippen LogP contribution is 2.39. The summed E-state index contributed by atoms with van der Waals surface area (Å²) in [5.41, 5.74) is 4.51. The Morgan fingerprint density at radius 1 is 1.14 bits per heavy atom. The van der Waals surface area contributed by atoms with Crippen LogP contribution in [0.4, 0.5) is 13.2 Å². The smallest absolute Gasteiger partial charge is 0.294 e.